The summed E-state index contributed by atoms with van der Waals surface area (Å²) in [7, 11) is 1.17. The molecule has 0 bridgehead atoms. The van der Waals surface area contributed by atoms with E-state index in [1.807, 2.05) is 4.90 Å². The normalized spacial score (nSPS) is 15.0. The van der Waals surface area contributed by atoms with Crippen LogP contribution in [0.5, 0.6) is 11.5 Å². The SMILES string of the molecule is CC(C)(C)OC(=O)N1CCN(c2ncncc2Oc2ccc(F)cc2S(=O)(=O)Cl)CC1. The summed E-state index contributed by atoms with van der Waals surface area (Å²) in [6.45, 7) is 7.09. The van der Waals surface area contributed by atoms with Gasteiger partial charge in [-0.3, -0.25) is 0 Å². The Balaban J connectivity index is 1.78. The minimum atomic E-state index is -4.25. The quantitative estimate of drug-likeness (QED) is 0.624. The van der Waals surface area contributed by atoms with E-state index >= 15 is 0 Å². The fourth-order valence-corrected chi connectivity index (χ4v) is 3.89. The number of carbonyl (C=O) groups excluding carboxylic acids is 1. The predicted molar refractivity (Wildman–Crippen MR) is 112 cm³/mol. The smallest absolute Gasteiger partial charge is 0.410 e. The van der Waals surface area contributed by atoms with Crippen LogP contribution in [0.4, 0.5) is 15.0 Å². The van der Waals surface area contributed by atoms with Crippen LogP contribution in [0.25, 0.3) is 0 Å². The number of nitrogens with zero attached hydrogens (tertiary/aromatic N) is 4. The maximum absolute atomic E-state index is 13.5. The first-order chi connectivity index (χ1) is 14.4. The van der Waals surface area contributed by atoms with Gasteiger partial charge in [-0.05, 0) is 39.0 Å². The molecule has 0 saturated carbocycles. The number of piperazine rings is 1. The maximum Gasteiger partial charge on any atom is 0.410 e. The number of rotatable bonds is 4. The van der Waals surface area contributed by atoms with Crippen molar-refractivity contribution in [2.75, 3.05) is 31.1 Å². The molecule has 1 aromatic carbocycles. The molecule has 31 heavy (non-hydrogen) atoms. The summed E-state index contributed by atoms with van der Waals surface area (Å²) in [5.41, 5.74) is -0.586. The van der Waals surface area contributed by atoms with Gasteiger partial charge >= 0.3 is 6.09 Å². The van der Waals surface area contributed by atoms with Crippen molar-refractivity contribution in [3.8, 4) is 11.5 Å². The van der Waals surface area contributed by atoms with Gasteiger partial charge in [0, 0.05) is 36.9 Å². The van der Waals surface area contributed by atoms with E-state index in [4.69, 9.17) is 20.2 Å². The van der Waals surface area contributed by atoms with E-state index in [-0.39, 0.29) is 11.5 Å². The molecule has 3 rings (SSSR count). The number of aromatic nitrogens is 2. The first kappa shape index (κ1) is 23.0. The molecule has 1 aliphatic rings. The summed E-state index contributed by atoms with van der Waals surface area (Å²) in [4.78, 5) is 23.4. The van der Waals surface area contributed by atoms with Gasteiger partial charge in [0.15, 0.2) is 11.6 Å². The molecule has 2 aromatic rings. The molecule has 2 heterocycles. The van der Waals surface area contributed by atoms with Crippen molar-refractivity contribution < 1.29 is 27.1 Å². The molecule has 1 aliphatic heterocycles. The molecule has 1 fully saturated rings. The van der Waals surface area contributed by atoms with Gasteiger partial charge in [-0.15, -0.1) is 0 Å². The van der Waals surface area contributed by atoms with Crippen molar-refractivity contribution >= 4 is 31.6 Å². The Kier molecular flexibility index (Phi) is 6.56. The number of ether oxygens (including phenoxy) is 2. The third-order valence-corrected chi connectivity index (χ3v) is 5.62. The molecule has 0 unspecified atom stereocenters. The van der Waals surface area contributed by atoms with Crippen molar-refractivity contribution in [1.29, 1.82) is 0 Å². The van der Waals surface area contributed by atoms with Crippen molar-refractivity contribution in [1.82, 2.24) is 14.9 Å². The number of amides is 1. The van der Waals surface area contributed by atoms with Crippen molar-refractivity contribution in [2.24, 2.45) is 0 Å². The van der Waals surface area contributed by atoms with Crippen LogP contribution in [0.1, 0.15) is 20.8 Å². The fraction of sp³-hybridized carbons (Fsp3) is 0.421. The molecule has 0 spiro atoms. The van der Waals surface area contributed by atoms with Crippen LogP contribution < -0.4 is 9.64 Å². The molecule has 0 radical (unpaired) electrons. The Morgan fingerprint density at radius 3 is 2.45 bits per heavy atom. The minimum absolute atomic E-state index is 0.153. The van der Waals surface area contributed by atoms with Gasteiger partial charge in [-0.2, -0.15) is 0 Å². The average Bonchev–Trinajstić information content (AvgIpc) is 2.68. The monoisotopic (exact) mass is 472 g/mol. The van der Waals surface area contributed by atoms with Crippen LogP contribution in [-0.4, -0.2) is 61.2 Å². The van der Waals surface area contributed by atoms with E-state index in [1.165, 1.54) is 18.6 Å². The molecule has 1 amide bonds. The summed E-state index contributed by atoms with van der Waals surface area (Å²) in [5.74, 6) is -0.350. The standard InChI is InChI=1S/C19H22ClFN4O5S/c1-19(2,3)30-18(26)25-8-6-24(7-9-25)17-15(11-22-12-23-17)29-14-5-4-13(21)10-16(14)31(20,27)28/h4-5,10-12H,6-9H2,1-3H3. The molecule has 0 aliphatic carbocycles. The summed E-state index contributed by atoms with van der Waals surface area (Å²) >= 11 is 0. The van der Waals surface area contributed by atoms with Gasteiger partial charge in [0.2, 0.25) is 0 Å². The highest BCUT2D eigenvalue weighted by Gasteiger charge is 2.28. The molecule has 0 atom stereocenters. The van der Waals surface area contributed by atoms with E-state index in [9.17, 15) is 17.6 Å². The van der Waals surface area contributed by atoms with Gasteiger partial charge in [0.25, 0.3) is 9.05 Å². The third kappa shape index (κ3) is 5.95. The zero-order chi connectivity index (χ0) is 22.8. The lowest BCUT2D eigenvalue weighted by atomic mass is 10.2. The summed E-state index contributed by atoms with van der Waals surface area (Å²) in [6, 6.07) is 3.01. The molecular formula is C19H22ClFN4O5S. The predicted octanol–water partition coefficient (Wildman–Crippen LogP) is 3.39. The zero-order valence-electron chi connectivity index (χ0n) is 17.2. The van der Waals surface area contributed by atoms with E-state index in [0.29, 0.717) is 32.0 Å². The highest BCUT2D eigenvalue weighted by molar-refractivity contribution is 8.13. The van der Waals surface area contributed by atoms with E-state index in [1.54, 1.807) is 25.7 Å². The number of benzene rings is 1. The van der Waals surface area contributed by atoms with Gasteiger partial charge in [-0.25, -0.2) is 27.6 Å². The molecule has 12 heteroatoms. The third-order valence-electron chi connectivity index (χ3n) is 4.28. The summed E-state index contributed by atoms with van der Waals surface area (Å²) < 4.78 is 48.3. The maximum atomic E-state index is 13.5. The molecular weight excluding hydrogens is 451 g/mol. The number of hydrogen-bond acceptors (Lipinski definition) is 8. The molecule has 1 aromatic heterocycles. The van der Waals surface area contributed by atoms with E-state index in [2.05, 4.69) is 9.97 Å². The number of halogens is 2. The lowest BCUT2D eigenvalue weighted by Gasteiger charge is -2.36. The number of anilines is 1. The van der Waals surface area contributed by atoms with Gasteiger partial charge < -0.3 is 19.3 Å². The fourth-order valence-electron chi connectivity index (χ4n) is 2.92. The van der Waals surface area contributed by atoms with Gasteiger partial charge in [0.05, 0.1) is 6.20 Å². The second kappa shape index (κ2) is 8.83. The minimum Gasteiger partial charge on any atom is -0.450 e. The van der Waals surface area contributed by atoms with Crippen molar-refractivity contribution in [2.45, 2.75) is 31.3 Å². The van der Waals surface area contributed by atoms with E-state index in [0.717, 1.165) is 12.1 Å². The number of carbonyl (C=O) groups is 1. The average molecular weight is 473 g/mol. The Morgan fingerprint density at radius 1 is 1.16 bits per heavy atom. The van der Waals surface area contributed by atoms with E-state index < -0.39 is 31.5 Å². The second-order valence-corrected chi connectivity index (χ2v) is 10.3. The lowest BCUT2D eigenvalue weighted by molar-refractivity contribution is 0.0240. The first-order valence-corrected chi connectivity index (χ1v) is 11.7. The van der Waals surface area contributed by atoms with Crippen molar-refractivity contribution in [3.05, 3.63) is 36.5 Å². The zero-order valence-corrected chi connectivity index (χ0v) is 18.8. The number of hydrogen-bond donors (Lipinski definition) is 0. The van der Waals surface area contributed by atoms with Crippen LogP contribution >= 0.6 is 10.7 Å². The molecule has 168 valence electrons. The Morgan fingerprint density at radius 2 is 1.84 bits per heavy atom. The second-order valence-electron chi connectivity index (χ2n) is 7.80. The van der Waals surface area contributed by atoms with Gasteiger partial charge in [0.1, 0.15) is 28.4 Å². The molecule has 9 nitrogen and oxygen atoms in total. The lowest BCUT2D eigenvalue weighted by Crippen LogP contribution is -2.50. The Labute approximate surface area is 184 Å². The highest BCUT2D eigenvalue weighted by atomic mass is 35.7. The topological polar surface area (TPSA) is 102 Å². The summed E-state index contributed by atoms with van der Waals surface area (Å²) in [6.07, 6.45) is 2.30. The van der Waals surface area contributed by atoms with Crippen LogP contribution in [0.2, 0.25) is 0 Å². The van der Waals surface area contributed by atoms with Crippen LogP contribution in [0.3, 0.4) is 0 Å². The molecule has 1 saturated heterocycles. The highest BCUT2D eigenvalue weighted by Crippen LogP contribution is 2.35. The summed E-state index contributed by atoms with van der Waals surface area (Å²) in [5, 5.41) is 0. The van der Waals surface area contributed by atoms with Gasteiger partial charge in [-0.1, -0.05) is 0 Å². The van der Waals surface area contributed by atoms with Crippen molar-refractivity contribution in [3.63, 3.8) is 0 Å². The largest absolute Gasteiger partial charge is 0.450 e. The van der Waals surface area contributed by atoms with Crippen LogP contribution in [0.15, 0.2) is 35.6 Å². The Bertz CT molecular complexity index is 1070. The van der Waals surface area contributed by atoms with Crippen LogP contribution in [0, 0.1) is 5.82 Å². The Hall–Kier alpha value is -2.66. The molecule has 0 N–H and O–H groups in total. The first-order valence-electron chi connectivity index (χ1n) is 9.39. The van der Waals surface area contributed by atoms with Crippen LogP contribution in [-0.2, 0) is 13.8 Å².